The van der Waals surface area contributed by atoms with Gasteiger partial charge in [0, 0.05) is 13.3 Å². The van der Waals surface area contributed by atoms with Crippen LogP contribution in [-0.2, 0) is 28.6 Å². The van der Waals surface area contributed by atoms with E-state index in [2.05, 4.69) is 11.3 Å². The number of esters is 3. The van der Waals surface area contributed by atoms with Crippen molar-refractivity contribution < 1.29 is 28.6 Å². The van der Waals surface area contributed by atoms with Crippen LogP contribution in [0.15, 0.2) is 12.3 Å². The maximum atomic E-state index is 11.6. The molecule has 0 spiro atoms. The zero-order valence-corrected chi connectivity index (χ0v) is 10.9. The van der Waals surface area contributed by atoms with Gasteiger partial charge in [0.1, 0.15) is 5.76 Å². The molecule has 6 nitrogen and oxygen atoms in total. The topological polar surface area (TPSA) is 78.9 Å². The first-order valence-electron chi connectivity index (χ1n) is 5.61. The van der Waals surface area contributed by atoms with Crippen molar-refractivity contribution in [2.24, 2.45) is 5.92 Å². The lowest BCUT2D eigenvalue weighted by atomic mass is 10.1. The van der Waals surface area contributed by atoms with Crippen LogP contribution in [0.2, 0.25) is 0 Å². The largest absolute Gasteiger partial charge is 0.465 e. The Bertz CT molecular complexity index is 315. The Labute approximate surface area is 106 Å². The van der Waals surface area contributed by atoms with Crippen LogP contribution in [0.4, 0.5) is 0 Å². The molecule has 0 saturated heterocycles. The van der Waals surface area contributed by atoms with Crippen molar-refractivity contribution in [3.63, 3.8) is 0 Å². The Kier molecular flexibility index (Phi) is 7.42. The molecule has 0 radical (unpaired) electrons. The first-order valence-corrected chi connectivity index (χ1v) is 5.61. The number of hydrogen-bond acceptors (Lipinski definition) is 6. The molecule has 0 aromatic carbocycles. The van der Waals surface area contributed by atoms with Gasteiger partial charge < -0.3 is 14.2 Å². The molecule has 6 heteroatoms. The Morgan fingerprint density at radius 3 is 1.83 bits per heavy atom. The maximum absolute atomic E-state index is 11.6. The summed E-state index contributed by atoms with van der Waals surface area (Å²) in [5, 5.41) is 0. The fraction of sp³-hybridized carbons (Fsp3) is 0.583. The smallest absolute Gasteiger partial charge is 0.320 e. The highest BCUT2D eigenvalue weighted by Gasteiger charge is 2.30. The lowest BCUT2D eigenvalue weighted by Crippen LogP contribution is -2.29. The van der Waals surface area contributed by atoms with Crippen molar-refractivity contribution in [2.45, 2.75) is 27.2 Å². The third-order valence-electron chi connectivity index (χ3n) is 1.86. The molecule has 0 aromatic heterocycles. The number of carbonyl (C=O) groups is 3. The first-order chi connectivity index (χ1) is 8.42. The van der Waals surface area contributed by atoms with E-state index in [1.54, 1.807) is 13.8 Å². The second-order valence-electron chi connectivity index (χ2n) is 3.39. The zero-order valence-electron chi connectivity index (χ0n) is 10.9. The van der Waals surface area contributed by atoms with Gasteiger partial charge in [-0.3, -0.25) is 14.4 Å². The average molecular weight is 258 g/mol. The minimum absolute atomic E-state index is 0.0219. The second kappa shape index (κ2) is 8.27. The normalized spacial score (nSPS) is 9.78. The number of rotatable bonds is 7. The number of ether oxygens (including phenoxy) is 3. The molecule has 0 aromatic rings. The Morgan fingerprint density at radius 1 is 1.06 bits per heavy atom. The summed E-state index contributed by atoms with van der Waals surface area (Å²) in [4.78, 5) is 33.9. The monoisotopic (exact) mass is 258 g/mol. The van der Waals surface area contributed by atoms with Gasteiger partial charge in [0.15, 0.2) is 5.92 Å². The molecule has 102 valence electrons. The third-order valence-corrected chi connectivity index (χ3v) is 1.86. The Hall–Kier alpha value is -1.85. The van der Waals surface area contributed by atoms with E-state index in [9.17, 15) is 14.4 Å². The van der Waals surface area contributed by atoms with Crippen LogP contribution in [0.3, 0.4) is 0 Å². The van der Waals surface area contributed by atoms with Crippen molar-refractivity contribution in [1.82, 2.24) is 0 Å². The van der Waals surface area contributed by atoms with Gasteiger partial charge in [-0.1, -0.05) is 6.58 Å². The summed E-state index contributed by atoms with van der Waals surface area (Å²) in [6.45, 7) is 8.21. The highest BCUT2D eigenvalue weighted by Crippen LogP contribution is 2.15. The molecule has 0 atom stereocenters. The molecule has 0 saturated carbocycles. The molecule has 18 heavy (non-hydrogen) atoms. The van der Waals surface area contributed by atoms with Gasteiger partial charge in [-0.15, -0.1) is 0 Å². The van der Waals surface area contributed by atoms with E-state index in [1.165, 1.54) is 6.92 Å². The summed E-state index contributed by atoms with van der Waals surface area (Å²) in [6, 6.07) is 0. The summed E-state index contributed by atoms with van der Waals surface area (Å²) in [6.07, 6.45) is -0.142. The zero-order chi connectivity index (χ0) is 14.1. The number of carbonyl (C=O) groups excluding carboxylic acids is 3. The summed E-state index contributed by atoms with van der Waals surface area (Å²) in [7, 11) is 0. The average Bonchev–Trinajstić information content (AvgIpc) is 2.25. The van der Waals surface area contributed by atoms with Crippen molar-refractivity contribution >= 4 is 17.9 Å². The summed E-state index contributed by atoms with van der Waals surface area (Å²) >= 11 is 0. The van der Waals surface area contributed by atoms with E-state index in [-0.39, 0.29) is 25.4 Å². The molecule has 0 aliphatic heterocycles. The van der Waals surface area contributed by atoms with Crippen LogP contribution in [0.5, 0.6) is 0 Å². The van der Waals surface area contributed by atoms with E-state index in [0.717, 1.165) is 0 Å². The first kappa shape index (κ1) is 16.1. The van der Waals surface area contributed by atoms with Crippen molar-refractivity contribution in [3.05, 3.63) is 12.3 Å². The predicted octanol–water partition coefficient (Wildman–Crippen LogP) is 1.20. The minimum atomic E-state index is -1.16. The number of allylic oxidation sites excluding steroid dienone is 1. The van der Waals surface area contributed by atoms with Crippen molar-refractivity contribution in [1.29, 1.82) is 0 Å². The van der Waals surface area contributed by atoms with Gasteiger partial charge >= 0.3 is 17.9 Å². The summed E-state index contributed by atoms with van der Waals surface area (Å²) in [5.74, 6) is -3.13. The van der Waals surface area contributed by atoms with Crippen LogP contribution < -0.4 is 0 Å². The van der Waals surface area contributed by atoms with Gasteiger partial charge in [0.2, 0.25) is 0 Å². The van der Waals surface area contributed by atoms with Crippen molar-refractivity contribution in [2.75, 3.05) is 13.2 Å². The van der Waals surface area contributed by atoms with Gasteiger partial charge in [0.05, 0.1) is 13.2 Å². The third kappa shape index (κ3) is 6.03. The lowest BCUT2D eigenvalue weighted by molar-refractivity contribution is -0.162. The maximum Gasteiger partial charge on any atom is 0.320 e. The fourth-order valence-electron chi connectivity index (χ4n) is 1.22. The van der Waals surface area contributed by atoms with Crippen molar-refractivity contribution in [3.8, 4) is 0 Å². The molecule has 0 aliphatic carbocycles. The van der Waals surface area contributed by atoms with Crippen LogP contribution in [0.25, 0.3) is 0 Å². The molecule has 0 N–H and O–H groups in total. The Morgan fingerprint density at radius 2 is 1.50 bits per heavy atom. The van der Waals surface area contributed by atoms with Crippen LogP contribution in [0, 0.1) is 5.92 Å². The summed E-state index contributed by atoms with van der Waals surface area (Å²) < 4.78 is 14.2. The molecule has 0 rings (SSSR count). The van der Waals surface area contributed by atoms with Gasteiger partial charge in [0.25, 0.3) is 0 Å². The van der Waals surface area contributed by atoms with Crippen LogP contribution in [-0.4, -0.2) is 31.1 Å². The van der Waals surface area contributed by atoms with E-state index < -0.39 is 23.8 Å². The second-order valence-corrected chi connectivity index (χ2v) is 3.39. The van der Waals surface area contributed by atoms with E-state index in [4.69, 9.17) is 9.47 Å². The Balaban J connectivity index is 4.65. The predicted molar refractivity (Wildman–Crippen MR) is 62.3 cm³/mol. The molecule has 0 unspecified atom stereocenters. The van der Waals surface area contributed by atoms with Gasteiger partial charge in [-0.2, -0.15) is 0 Å². The highest BCUT2D eigenvalue weighted by molar-refractivity contribution is 5.95. The van der Waals surface area contributed by atoms with Crippen LogP contribution in [0.1, 0.15) is 27.2 Å². The van der Waals surface area contributed by atoms with E-state index >= 15 is 0 Å². The summed E-state index contributed by atoms with van der Waals surface area (Å²) in [5.41, 5.74) is 0. The fourth-order valence-corrected chi connectivity index (χ4v) is 1.22. The molecule has 0 bridgehead atoms. The van der Waals surface area contributed by atoms with E-state index in [1.807, 2.05) is 0 Å². The quantitative estimate of drug-likeness (QED) is 0.295. The molecular formula is C12H18O6. The van der Waals surface area contributed by atoms with Gasteiger partial charge in [-0.05, 0) is 13.8 Å². The number of hydrogen-bond donors (Lipinski definition) is 0. The lowest BCUT2D eigenvalue weighted by Gasteiger charge is -2.15. The standard InChI is InChI=1S/C12H18O6/c1-5-16-11(14)10(12(15)17-6-2)7-8(3)18-9(4)13/h10H,3,5-7H2,1-2,4H3. The molecule has 0 amide bonds. The molecule has 0 aliphatic rings. The minimum Gasteiger partial charge on any atom is -0.465 e. The molecular weight excluding hydrogens is 240 g/mol. The van der Waals surface area contributed by atoms with Gasteiger partial charge in [-0.25, -0.2) is 0 Å². The SMILES string of the molecule is C=C(CC(C(=O)OCC)C(=O)OCC)OC(C)=O. The van der Waals surface area contributed by atoms with Crippen LogP contribution >= 0.6 is 0 Å². The molecule has 0 fully saturated rings. The highest BCUT2D eigenvalue weighted by atomic mass is 16.6. The van der Waals surface area contributed by atoms with E-state index in [0.29, 0.717) is 0 Å². The molecule has 0 heterocycles.